The van der Waals surface area contributed by atoms with Crippen molar-refractivity contribution in [2.75, 3.05) is 13.2 Å². The van der Waals surface area contributed by atoms with Crippen LogP contribution in [-0.4, -0.2) is 30.0 Å². The molecule has 0 radical (unpaired) electrons. The minimum absolute atomic E-state index is 0.0831. The smallest absolute Gasteiger partial charge is 0.299 e. The number of alkyl halides is 2. The molecule has 0 saturated carbocycles. The second kappa shape index (κ2) is 7.29. The maximum Gasteiger partial charge on any atom is 0.299 e. The molecule has 2 aromatic rings. The van der Waals surface area contributed by atoms with Gasteiger partial charge in [-0.25, -0.2) is 13.2 Å². The van der Waals surface area contributed by atoms with Crippen molar-refractivity contribution in [3.63, 3.8) is 0 Å². The van der Waals surface area contributed by atoms with Crippen molar-refractivity contribution >= 4 is 17.4 Å². The van der Waals surface area contributed by atoms with Gasteiger partial charge in [0.15, 0.2) is 5.54 Å². The molecule has 154 valence electrons. The van der Waals surface area contributed by atoms with E-state index in [9.17, 15) is 13.2 Å². The van der Waals surface area contributed by atoms with Gasteiger partial charge in [0.25, 0.3) is 5.92 Å². The number of fused-ring (bicyclic) bond motifs is 1. The molecule has 1 aromatic heterocycles. The second-order valence-electron chi connectivity index (χ2n) is 7.82. The summed E-state index contributed by atoms with van der Waals surface area (Å²) in [5, 5.41) is 0.592. The average Bonchev–Trinajstić information content (AvgIpc) is 2.99. The number of nitrogens with two attached hydrogens (primary N) is 1. The highest BCUT2D eigenvalue weighted by Crippen LogP contribution is 2.44. The van der Waals surface area contributed by atoms with Crippen LogP contribution in [0.1, 0.15) is 41.6 Å². The number of amidine groups is 1. The van der Waals surface area contributed by atoms with Crippen LogP contribution in [0.15, 0.2) is 35.5 Å². The maximum absolute atomic E-state index is 14.8. The van der Waals surface area contributed by atoms with E-state index in [1.54, 1.807) is 12.3 Å². The number of aryl methyl sites for hydroxylation is 1. The van der Waals surface area contributed by atoms with Crippen molar-refractivity contribution in [1.82, 2.24) is 4.98 Å². The zero-order valence-corrected chi connectivity index (χ0v) is 16.6. The first kappa shape index (κ1) is 20.2. The summed E-state index contributed by atoms with van der Waals surface area (Å²) in [6.07, 6.45) is 3.91. The fraction of sp³-hybridized carbons (Fsp3) is 0.429. The van der Waals surface area contributed by atoms with E-state index in [-0.39, 0.29) is 23.9 Å². The van der Waals surface area contributed by atoms with E-state index >= 15 is 0 Å². The molecule has 0 amide bonds. The molecule has 1 aliphatic heterocycles. The van der Waals surface area contributed by atoms with Crippen molar-refractivity contribution in [1.29, 1.82) is 0 Å². The first-order chi connectivity index (χ1) is 13.7. The number of halogens is 4. The number of rotatable bonds is 3. The molecule has 0 bridgehead atoms. The van der Waals surface area contributed by atoms with Gasteiger partial charge in [0, 0.05) is 23.4 Å². The van der Waals surface area contributed by atoms with Crippen LogP contribution in [0.4, 0.5) is 13.2 Å². The van der Waals surface area contributed by atoms with Crippen LogP contribution in [0.3, 0.4) is 0 Å². The molecule has 2 aliphatic rings. The number of aromatic nitrogens is 1. The van der Waals surface area contributed by atoms with Crippen molar-refractivity contribution in [3.05, 3.63) is 63.7 Å². The van der Waals surface area contributed by atoms with E-state index in [2.05, 4.69) is 9.98 Å². The van der Waals surface area contributed by atoms with Gasteiger partial charge in [-0.1, -0.05) is 23.7 Å². The highest BCUT2D eigenvalue weighted by atomic mass is 35.5. The molecule has 1 aromatic carbocycles. The molecule has 2 atom stereocenters. The van der Waals surface area contributed by atoms with Gasteiger partial charge in [-0.2, -0.15) is 0 Å². The standard InChI is InChI=1S/C21H21ClF3N3O/c1-20(21(24,25)11-29-10-18(26)28-20)16-7-12(2-5-17(16)23)6-13-3-4-14-8-15(22)9-27-19(13)14/h2,5,7-9,13H,3-4,6,10-11H2,1H3,(H2,26,28)/t13-,20+/m0/s1. The summed E-state index contributed by atoms with van der Waals surface area (Å²) in [7, 11) is 0. The van der Waals surface area contributed by atoms with Crippen molar-refractivity contribution < 1.29 is 17.9 Å². The highest BCUT2D eigenvalue weighted by Gasteiger charge is 2.54. The molecule has 4 rings (SSSR count). The van der Waals surface area contributed by atoms with E-state index in [0.717, 1.165) is 29.7 Å². The topological polar surface area (TPSA) is 60.5 Å². The number of aliphatic imine (C=N–C) groups is 1. The Morgan fingerprint density at radius 2 is 2.10 bits per heavy atom. The Morgan fingerprint density at radius 1 is 1.31 bits per heavy atom. The van der Waals surface area contributed by atoms with Crippen molar-refractivity contribution in [2.24, 2.45) is 10.7 Å². The predicted octanol–water partition coefficient (Wildman–Crippen LogP) is 4.38. The number of ether oxygens (including phenoxy) is 1. The molecule has 1 aliphatic carbocycles. The molecule has 2 N–H and O–H groups in total. The lowest BCUT2D eigenvalue weighted by Gasteiger charge is -2.33. The van der Waals surface area contributed by atoms with Gasteiger partial charge in [-0.3, -0.25) is 9.98 Å². The summed E-state index contributed by atoms with van der Waals surface area (Å²) >= 11 is 6.01. The largest absolute Gasteiger partial charge is 0.385 e. The number of hydrogen-bond donors (Lipinski definition) is 1. The fourth-order valence-electron chi connectivity index (χ4n) is 4.16. The molecule has 8 heteroatoms. The van der Waals surface area contributed by atoms with Crippen LogP contribution in [0.2, 0.25) is 5.02 Å². The zero-order chi connectivity index (χ0) is 20.8. The van der Waals surface area contributed by atoms with Crippen LogP contribution >= 0.6 is 11.6 Å². The Labute approximate surface area is 171 Å². The molecule has 0 unspecified atom stereocenters. The number of benzene rings is 1. The fourth-order valence-corrected chi connectivity index (χ4v) is 4.35. The predicted molar refractivity (Wildman–Crippen MR) is 105 cm³/mol. The Bertz CT molecular complexity index is 982. The third-order valence-electron chi connectivity index (χ3n) is 5.77. The first-order valence-electron chi connectivity index (χ1n) is 9.42. The maximum atomic E-state index is 14.8. The van der Waals surface area contributed by atoms with Gasteiger partial charge >= 0.3 is 0 Å². The summed E-state index contributed by atoms with van der Waals surface area (Å²) in [6.45, 7) is 0.114. The van der Waals surface area contributed by atoms with E-state index in [1.807, 2.05) is 6.07 Å². The molecule has 29 heavy (non-hydrogen) atoms. The lowest BCUT2D eigenvalue weighted by Crippen LogP contribution is -2.45. The molecule has 0 fully saturated rings. The van der Waals surface area contributed by atoms with E-state index in [1.165, 1.54) is 19.1 Å². The number of hydrogen-bond acceptors (Lipinski definition) is 4. The van der Waals surface area contributed by atoms with E-state index in [0.29, 0.717) is 11.4 Å². The molecule has 4 nitrogen and oxygen atoms in total. The van der Waals surface area contributed by atoms with Crippen LogP contribution in [-0.2, 0) is 23.1 Å². The number of pyridine rings is 1. The molecular weight excluding hydrogens is 403 g/mol. The van der Waals surface area contributed by atoms with Gasteiger partial charge in [0.2, 0.25) is 0 Å². The lowest BCUT2D eigenvalue weighted by atomic mass is 9.84. The highest BCUT2D eigenvalue weighted by molar-refractivity contribution is 6.30. The van der Waals surface area contributed by atoms with Gasteiger partial charge in [-0.05, 0) is 49.4 Å². The Hall–Kier alpha value is -2.12. The van der Waals surface area contributed by atoms with Crippen LogP contribution in [0.5, 0.6) is 0 Å². The molecule has 0 spiro atoms. The Morgan fingerprint density at radius 3 is 2.90 bits per heavy atom. The molecule has 0 saturated heterocycles. The van der Waals surface area contributed by atoms with E-state index < -0.39 is 23.9 Å². The summed E-state index contributed by atoms with van der Waals surface area (Å²) in [4.78, 5) is 8.41. The van der Waals surface area contributed by atoms with E-state index in [4.69, 9.17) is 22.1 Å². The summed E-state index contributed by atoms with van der Waals surface area (Å²) in [5.74, 6) is -4.11. The van der Waals surface area contributed by atoms with Gasteiger partial charge in [0.1, 0.15) is 24.9 Å². The number of nitrogens with zero attached hydrogens (tertiary/aromatic N) is 2. The minimum atomic E-state index is -3.41. The van der Waals surface area contributed by atoms with Gasteiger partial charge in [-0.15, -0.1) is 0 Å². The lowest BCUT2D eigenvalue weighted by molar-refractivity contribution is -0.116. The summed E-state index contributed by atoms with van der Waals surface area (Å²) < 4.78 is 49.3. The van der Waals surface area contributed by atoms with Crippen LogP contribution in [0, 0.1) is 5.82 Å². The Kier molecular flexibility index (Phi) is 5.07. The normalized spacial score (nSPS) is 26.0. The quantitative estimate of drug-likeness (QED) is 0.796. The third kappa shape index (κ3) is 3.62. The summed E-state index contributed by atoms with van der Waals surface area (Å²) in [5.41, 5.74) is 6.18. The first-order valence-corrected chi connectivity index (χ1v) is 9.80. The second-order valence-corrected chi connectivity index (χ2v) is 8.26. The third-order valence-corrected chi connectivity index (χ3v) is 5.97. The van der Waals surface area contributed by atoms with Gasteiger partial charge in [0.05, 0.1) is 5.02 Å². The SMILES string of the molecule is C[C@]1(c2cc(C[C@@H]3CCc4cc(Cl)cnc43)ccc2F)N=C(N)COCC1(F)F. The van der Waals surface area contributed by atoms with Crippen molar-refractivity contribution in [2.45, 2.75) is 43.6 Å². The molecule has 2 heterocycles. The van der Waals surface area contributed by atoms with Gasteiger partial charge < -0.3 is 10.5 Å². The monoisotopic (exact) mass is 423 g/mol. The molecular formula is C21H21ClF3N3O. The Balaban J connectivity index is 1.70. The zero-order valence-electron chi connectivity index (χ0n) is 15.9. The summed E-state index contributed by atoms with van der Waals surface area (Å²) in [6, 6.07) is 6.22. The average molecular weight is 424 g/mol. The van der Waals surface area contributed by atoms with Crippen LogP contribution in [0.25, 0.3) is 0 Å². The minimum Gasteiger partial charge on any atom is -0.385 e. The van der Waals surface area contributed by atoms with Crippen LogP contribution < -0.4 is 5.73 Å². The van der Waals surface area contributed by atoms with Crippen molar-refractivity contribution in [3.8, 4) is 0 Å².